The van der Waals surface area contributed by atoms with Crippen molar-refractivity contribution < 1.29 is 19.4 Å². The van der Waals surface area contributed by atoms with Gasteiger partial charge in [0.15, 0.2) is 0 Å². The third-order valence-electron chi connectivity index (χ3n) is 5.12. The van der Waals surface area contributed by atoms with E-state index in [-0.39, 0.29) is 17.4 Å². The number of carbonyl (C=O) groups excluding carboxylic acids is 2. The third-order valence-corrected chi connectivity index (χ3v) is 5.12. The minimum atomic E-state index is -0.760. The summed E-state index contributed by atoms with van der Waals surface area (Å²) in [5.41, 5.74) is -0.887. The van der Waals surface area contributed by atoms with Gasteiger partial charge in [-0.1, -0.05) is 12.2 Å². The predicted molar refractivity (Wildman–Crippen MR) is 86.9 cm³/mol. The topological polar surface area (TPSA) is 136 Å². The zero-order valence-corrected chi connectivity index (χ0v) is 13.2. The van der Waals surface area contributed by atoms with Crippen LogP contribution in [0, 0.1) is 43.9 Å². The van der Waals surface area contributed by atoms with E-state index in [9.17, 15) is 29.8 Å². The van der Waals surface area contributed by atoms with Crippen LogP contribution < -0.4 is 0 Å². The Morgan fingerprint density at radius 1 is 0.962 bits per heavy atom. The summed E-state index contributed by atoms with van der Waals surface area (Å²) in [6.45, 7) is 0. The number of imide groups is 1. The fourth-order valence-corrected chi connectivity index (χ4v) is 4.03. The maximum atomic E-state index is 12.5. The maximum absolute atomic E-state index is 12.5. The number of fused-ring (bicyclic) bond motifs is 5. The first-order chi connectivity index (χ1) is 12.4. The van der Waals surface area contributed by atoms with E-state index in [0.717, 1.165) is 35.8 Å². The summed E-state index contributed by atoms with van der Waals surface area (Å²) < 4.78 is 0. The van der Waals surface area contributed by atoms with Gasteiger partial charge < -0.3 is 0 Å². The lowest BCUT2D eigenvalue weighted by Gasteiger charge is -2.13. The number of hydrazone groups is 1. The first-order valence-electron chi connectivity index (χ1n) is 7.91. The van der Waals surface area contributed by atoms with E-state index in [1.807, 2.05) is 12.2 Å². The van der Waals surface area contributed by atoms with Crippen molar-refractivity contribution in [2.45, 2.75) is 6.42 Å². The van der Waals surface area contributed by atoms with Crippen LogP contribution >= 0.6 is 0 Å². The molecule has 2 amide bonds. The van der Waals surface area contributed by atoms with Crippen LogP contribution in [-0.2, 0) is 9.59 Å². The molecule has 2 bridgehead atoms. The first-order valence-corrected chi connectivity index (χ1v) is 7.91. The number of amides is 2. The molecule has 10 heteroatoms. The van der Waals surface area contributed by atoms with Gasteiger partial charge in [0.1, 0.15) is 0 Å². The van der Waals surface area contributed by atoms with E-state index in [4.69, 9.17) is 0 Å². The molecule has 1 aromatic carbocycles. The van der Waals surface area contributed by atoms with Crippen LogP contribution in [0.4, 0.5) is 11.4 Å². The van der Waals surface area contributed by atoms with Gasteiger partial charge >= 0.3 is 0 Å². The third kappa shape index (κ3) is 2.30. The molecule has 1 heterocycles. The van der Waals surface area contributed by atoms with Crippen molar-refractivity contribution in [1.29, 1.82) is 0 Å². The quantitative estimate of drug-likeness (QED) is 0.264. The molecule has 0 unspecified atom stereocenters. The second-order valence-electron chi connectivity index (χ2n) is 6.53. The average molecular weight is 356 g/mol. The number of allylic oxidation sites excluding steroid dienone is 2. The Labute approximate surface area is 146 Å². The molecule has 3 aliphatic rings. The Balaban J connectivity index is 1.63. The van der Waals surface area contributed by atoms with Gasteiger partial charge in [-0.05, 0) is 18.3 Å². The Morgan fingerprint density at radius 2 is 1.46 bits per heavy atom. The number of benzene rings is 1. The second-order valence-corrected chi connectivity index (χ2v) is 6.53. The molecule has 4 rings (SSSR count). The molecule has 1 aromatic rings. The fraction of sp³-hybridized carbons (Fsp3) is 0.312. The van der Waals surface area contributed by atoms with E-state index in [2.05, 4.69) is 5.10 Å². The van der Waals surface area contributed by atoms with Crippen LogP contribution in [-0.4, -0.2) is 32.9 Å². The lowest BCUT2D eigenvalue weighted by molar-refractivity contribution is -0.394. The van der Waals surface area contributed by atoms with Gasteiger partial charge in [-0.25, -0.2) is 0 Å². The summed E-state index contributed by atoms with van der Waals surface area (Å²) in [4.78, 5) is 45.3. The minimum absolute atomic E-state index is 0.0422. The molecular weight excluding hydrogens is 344 g/mol. The van der Waals surface area contributed by atoms with E-state index < -0.39 is 44.9 Å². The number of non-ortho nitro benzene ring substituents is 2. The molecule has 10 nitrogen and oxygen atoms in total. The molecule has 1 saturated carbocycles. The lowest BCUT2D eigenvalue weighted by atomic mass is 9.85. The molecule has 4 atom stereocenters. The molecule has 0 N–H and O–H groups in total. The number of nitro benzene ring substituents is 2. The van der Waals surface area contributed by atoms with Crippen LogP contribution in [0.5, 0.6) is 0 Å². The SMILES string of the molecule is O=C1[C@@H]2[C@H](C(=O)N1/N=C\c1cc([N+](=O)[O-])cc([N+](=O)[O-])c1)[C@H]1C=C[C@H]2C1. The number of hydrogen-bond acceptors (Lipinski definition) is 7. The average Bonchev–Trinajstić information content (AvgIpc) is 3.27. The van der Waals surface area contributed by atoms with Gasteiger partial charge in [-0.3, -0.25) is 29.8 Å². The zero-order chi connectivity index (χ0) is 18.6. The Hall–Kier alpha value is -3.43. The molecule has 132 valence electrons. The van der Waals surface area contributed by atoms with Gasteiger partial charge in [-0.2, -0.15) is 10.1 Å². The van der Waals surface area contributed by atoms with Gasteiger partial charge in [0.2, 0.25) is 0 Å². The number of nitrogens with zero attached hydrogens (tertiary/aromatic N) is 4. The van der Waals surface area contributed by atoms with Crippen molar-refractivity contribution in [1.82, 2.24) is 5.01 Å². The summed E-state index contributed by atoms with van der Waals surface area (Å²) in [6.07, 6.45) is 5.76. The highest BCUT2D eigenvalue weighted by Gasteiger charge is 2.59. The Bertz CT molecular complexity index is 861. The standard InChI is InChI=1S/C16H12N4O6/c21-15-13-9-1-2-10(5-9)14(13)16(22)18(15)17-7-8-3-11(19(23)24)6-12(4-8)20(25)26/h1-4,6-7,9-10,13-14H,5H2/b17-7-/t9-,10-,13-,14+/m0/s1. The van der Waals surface area contributed by atoms with E-state index in [0.29, 0.717) is 0 Å². The maximum Gasteiger partial charge on any atom is 0.276 e. The number of rotatable bonds is 4. The largest absolute Gasteiger partial charge is 0.276 e. The van der Waals surface area contributed by atoms with Crippen LogP contribution in [0.2, 0.25) is 0 Å². The normalized spacial score (nSPS) is 29.0. The van der Waals surface area contributed by atoms with Gasteiger partial charge in [0.05, 0.1) is 34.0 Å². The molecule has 0 aromatic heterocycles. The van der Waals surface area contributed by atoms with Gasteiger partial charge in [0, 0.05) is 17.7 Å². The van der Waals surface area contributed by atoms with Crippen molar-refractivity contribution in [2.24, 2.45) is 28.8 Å². The molecule has 0 radical (unpaired) electrons. The van der Waals surface area contributed by atoms with Crippen molar-refractivity contribution >= 4 is 29.4 Å². The second kappa shape index (κ2) is 5.55. The summed E-state index contributed by atoms with van der Waals surface area (Å²) in [5, 5.41) is 26.5. The molecule has 1 aliphatic heterocycles. The summed E-state index contributed by atoms with van der Waals surface area (Å²) >= 11 is 0. The lowest BCUT2D eigenvalue weighted by Crippen LogP contribution is -2.28. The van der Waals surface area contributed by atoms with E-state index >= 15 is 0 Å². The molecule has 26 heavy (non-hydrogen) atoms. The highest BCUT2D eigenvalue weighted by molar-refractivity contribution is 6.06. The number of nitro groups is 2. The van der Waals surface area contributed by atoms with Gasteiger partial charge in [-0.15, -0.1) is 0 Å². The summed E-state index contributed by atoms with van der Waals surface area (Å²) in [7, 11) is 0. The van der Waals surface area contributed by atoms with Crippen LogP contribution in [0.25, 0.3) is 0 Å². The van der Waals surface area contributed by atoms with Crippen LogP contribution in [0.3, 0.4) is 0 Å². The summed E-state index contributed by atoms with van der Waals surface area (Å²) in [6, 6.07) is 3.01. The van der Waals surface area contributed by atoms with Crippen molar-refractivity contribution in [3.05, 3.63) is 56.1 Å². The summed E-state index contributed by atoms with van der Waals surface area (Å²) in [5.74, 6) is -1.52. The van der Waals surface area contributed by atoms with Gasteiger partial charge in [0.25, 0.3) is 23.2 Å². The molecule has 0 spiro atoms. The van der Waals surface area contributed by atoms with Crippen molar-refractivity contribution in [2.75, 3.05) is 0 Å². The Morgan fingerprint density at radius 3 is 1.92 bits per heavy atom. The highest BCUT2D eigenvalue weighted by Crippen LogP contribution is 2.52. The van der Waals surface area contributed by atoms with E-state index in [1.165, 1.54) is 0 Å². The van der Waals surface area contributed by atoms with E-state index in [1.54, 1.807) is 0 Å². The monoisotopic (exact) mass is 356 g/mol. The van der Waals surface area contributed by atoms with Crippen molar-refractivity contribution in [3.63, 3.8) is 0 Å². The van der Waals surface area contributed by atoms with Crippen LogP contribution in [0.1, 0.15) is 12.0 Å². The zero-order valence-electron chi connectivity index (χ0n) is 13.2. The first kappa shape index (κ1) is 16.1. The predicted octanol–water partition coefficient (Wildman–Crippen LogP) is 1.64. The minimum Gasteiger partial charge on any atom is -0.272 e. The number of carbonyl (C=O) groups is 2. The molecular formula is C16H12N4O6. The molecule has 2 fully saturated rings. The van der Waals surface area contributed by atoms with Crippen molar-refractivity contribution in [3.8, 4) is 0 Å². The van der Waals surface area contributed by atoms with Crippen LogP contribution in [0.15, 0.2) is 35.5 Å². The molecule has 2 aliphatic carbocycles. The smallest absolute Gasteiger partial charge is 0.272 e. The highest BCUT2D eigenvalue weighted by atomic mass is 16.6. The number of hydrogen-bond donors (Lipinski definition) is 0. The Kier molecular flexibility index (Phi) is 3.43. The molecule has 1 saturated heterocycles. The fourth-order valence-electron chi connectivity index (χ4n) is 4.03.